The van der Waals surface area contributed by atoms with Gasteiger partial charge in [-0.2, -0.15) is 4.31 Å². The molecule has 4 rings (SSSR count). The van der Waals surface area contributed by atoms with Crippen molar-refractivity contribution in [3.05, 3.63) is 53.5 Å². The number of sulfonamides is 1. The molecule has 162 valence electrons. The molecule has 2 saturated heterocycles. The van der Waals surface area contributed by atoms with Gasteiger partial charge < -0.3 is 14.5 Å². The molecule has 1 amide bonds. The Morgan fingerprint density at radius 3 is 2.47 bits per heavy atom. The lowest BCUT2D eigenvalue weighted by molar-refractivity contribution is 0.0484. The van der Waals surface area contributed by atoms with E-state index in [-0.39, 0.29) is 21.8 Å². The Kier molecular flexibility index (Phi) is 5.99. The summed E-state index contributed by atoms with van der Waals surface area (Å²) in [5, 5.41) is 2.97. The van der Waals surface area contributed by atoms with E-state index in [1.165, 1.54) is 15.9 Å². The van der Waals surface area contributed by atoms with Crippen LogP contribution in [0.3, 0.4) is 0 Å². The van der Waals surface area contributed by atoms with Crippen molar-refractivity contribution in [3.8, 4) is 0 Å². The van der Waals surface area contributed by atoms with Crippen LogP contribution in [0.5, 0.6) is 0 Å². The minimum atomic E-state index is -3.63. The summed E-state index contributed by atoms with van der Waals surface area (Å²) in [6.45, 7) is 4.33. The summed E-state index contributed by atoms with van der Waals surface area (Å²) < 4.78 is 38.3. The number of carbonyl (C=O) groups excluding carboxylic acids is 1. The highest BCUT2D eigenvalue weighted by Crippen LogP contribution is 2.34. The molecule has 0 spiro atoms. The van der Waals surface area contributed by atoms with Crippen LogP contribution in [0.15, 0.2) is 45.7 Å². The third kappa shape index (κ3) is 4.04. The third-order valence-electron chi connectivity index (χ3n) is 6.20. The number of aryl methyl sites for hydroxylation is 1. The van der Waals surface area contributed by atoms with Gasteiger partial charge in [-0.05, 0) is 38.2 Å². The molecule has 3 heterocycles. The predicted octanol–water partition coefficient (Wildman–Crippen LogP) is 2.85. The van der Waals surface area contributed by atoms with Crippen molar-refractivity contribution in [2.75, 3.05) is 32.8 Å². The van der Waals surface area contributed by atoms with Crippen LogP contribution < -0.4 is 5.32 Å². The first kappa shape index (κ1) is 21.1. The predicted molar refractivity (Wildman–Crippen MR) is 112 cm³/mol. The Morgan fingerprint density at radius 2 is 1.80 bits per heavy atom. The van der Waals surface area contributed by atoms with Gasteiger partial charge in [0.15, 0.2) is 5.76 Å². The zero-order chi connectivity index (χ0) is 21.2. The van der Waals surface area contributed by atoms with E-state index in [4.69, 9.17) is 9.15 Å². The molecule has 0 unspecified atom stereocenters. The quantitative estimate of drug-likeness (QED) is 0.758. The molecule has 2 aliphatic rings. The largest absolute Gasteiger partial charge is 0.455 e. The summed E-state index contributed by atoms with van der Waals surface area (Å²) in [6, 6.07) is 11.5. The van der Waals surface area contributed by atoms with E-state index in [2.05, 4.69) is 17.4 Å². The lowest BCUT2D eigenvalue weighted by Crippen LogP contribution is -2.44. The van der Waals surface area contributed by atoms with Gasteiger partial charge in [-0.3, -0.25) is 4.79 Å². The number of benzene rings is 1. The van der Waals surface area contributed by atoms with Gasteiger partial charge in [-0.25, -0.2) is 8.42 Å². The highest BCUT2D eigenvalue weighted by molar-refractivity contribution is 7.89. The summed E-state index contributed by atoms with van der Waals surface area (Å²) in [5.74, 6) is -0.126. The van der Waals surface area contributed by atoms with E-state index in [0.29, 0.717) is 32.8 Å². The molecule has 30 heavy (non-hydrogen) atoms. The molecular formula is C22H28N2O5S. The number of carbonyl (C=O) groups is 1. The van der Waals surface area contributed by atoms with Crippen molar-refractivity contribution in [1.29, 1.82) is 0 Å². The lowest BCUT2D eigenvalue weighted by Gasteiger charge is -2.37. The van der Waals surface area contributed by atoms with E-state index >= 15 is 0 Å². The zero-order valence-electron chi connectivity index (χ0n) is 17.2. The number of rotatable bonds is 6. The molecule has 1 N–H and O–H groups in total. The summed E-state index contributed by atoms with van der Waals surface area (Å²) in [6.07, 6.45) is 3.33. The van der Waals surface area contributed by atoms with Crippen molar-refractivity contribution in [3.63, 3.8) is 0 Å². The monoisotopic (exact) mass is 432 g/mol. The first-order chi connectivity index (χ1) is 14.4. The number of ether oxygens (including phenoxy) is 1. The van der Waals surface area contributed by atoms with Crippen LogP contribution in [0.25, 0.3) is 0 Å². The van der Waals surface area contributed by atoms with Crippen LogP contribution in [-0.4, -0.2) is 51.5 Å². The van der Waals surface area contributed by atoms with Crippen molar-refractivity contribution in [2.24, 2.45) is 0 Å². The van der Waals surface area contributed by atoms with Gasteiger partial charge in [0.2, 0.25) is 10.0 Å². The Hall–Kier alpha value is -2.16. The average Bonchev–Trinajstić information content (AvgIpc) is 3.44. The van der Waals surface area contributed by atoms with Gasteiger partial charge >= 0.3 is 0 Å². The van der Waals surface area contributed by atoms with Crippen LogP contribution >= 0.6 is 0 Å². The minimum absolute atomic E-state index is 0.0283. The fourth-order valence-electron chi connectivity index (χ4n) is 4.36. The zero-order valence-corrected chi connectivity index (χ0v) is 18.0. The Balaban J connectivity index is 1.51. The molecule has 1 aromatic heterocycles. The second-order valence-corrected chi connectivity index (χ2v) is 9.99. The fraction of sp³-hybridized carbons (Fsp3) is 0.500. The van der Waals surface area contributed by atoms with Crippen LogP contribution in [0, 0.1) is 6.92 Å². The molecule has 8 heteroatoms. The number of nitrogens with zero attached hydrogens (tertiary/aromatic N) is 1. The molecule has 2 fully saturated rings. The van der Waals surface area contributed by atoms with Crippen molar-refractivity contribution in [1.82, 2.24) is 9.62 Å². The SMILES string of the molecule is Cc1oc(C(=O)NCC2(c3ccccc3)CCOCC2)cc1S(=O)(=O)N1CCCC1. The molecule has 0 radical (unpaired) electrons. The third-order valence-corrected chi connectivity index (χ3v) is 8.21. The first-order valence-electron chi connectivity index (χ1n) is 10.4. The standard InChI is InChI=1S/C22H28N2O5S/c1-17-20(30(26,27)24-11-5-6-12-24)15-19(29-17)21(25)23-16-22(9-13-28-14-10-22)18-7-3-2-4-8-18/h2-4,7-8,15H,5-6,9-14,16H2,1H3,(H,23,25). The lowest BCUT2D eigenvalue weighted by atomic mass is 9.74. The maximum Gasteiger partial charge on any atom is 0.287 e. The fourth-order valence-corrected chi connectivity index (χ4v) is 6.04. The van der Waals surface area contributed by atoms with Crippen molar-refractivity contribution >= 4 is 15.9 Å². The van der Waals surface area contributed by atoms with Crippen molar-refractivity contribution < 1.29 is 22.4 Å². The van der Waals surface area contributed by atoms with Gasteiger partial charge in [0, 0.05) is 44.3 Å². The highest BCUT2D eigenvalue weighted by Gasteiger charge is 2.36. The van der Waals surface area contributed by atoms with Crippen LogP contribution in [0.4, 0.5) is 0 Å². The maximum absolute atomic E-state index is 12.9. The van der Waals surface area contributed by atoms with Crippen LogP contribution in [0.2, 0.25) is 0 Å². The van der Waals surface area contributed by atoms with E-state index < -0.39 is 15.9 Å². The summed E-state index contributed by atoms with van der Waals surface area (Å²) in [7, 11) is -3.63. The molecule has 2 aromatic rings. The van der Waals surface area contributed by atoms with E-state index in [9.17, 15) is 13.2 Å². The molecular weight excluding hydrogens is 404 g/mol. The number of hydrogen-bond acceptors (Lipinski definition) is 5. The summed E-state index contributed by atoms with van der Waals surface area (Å²) in [5.41, 5.74) is 0.961. The Morgan fingerprint density at radius 1 is 1.13 bits per heavy atom. The Labute approximate surface area is 177 Å². The first-order valence-corrected chi connectivity index (χ1v) is 11.9. The normalized spacial score (nSPS) is 19.6. The van der Waals surface area contributed by atoms with E-state index in [1.807, 2.05) is 18.2 Å². The van der Waals surface area contributed by atoms with Crippen LogP contribution in [0.1, 0.15) is 47.6 Å². The van der Waals surface area contributed by atoms with Gasteiger partial charge in [-0.1, -0.05) is 30.3 Å². The maximum atomic E-state index is 12.9. The summed E-state index contributed by atoms with van der Waals surface area (Å²) >= 11 is 0. The van der Waals surface area contributed by atoms with Gasteiger partial charge in [0.1, 0.15) is 10.7 Å². The molecule has 7 nitrogen and oxygen atoms in total. The molecule has 0 saturated carbocycles. The molecule has 0 bridgehead atoms. The highest BCUT2D eigenvalue weighted by atomic mass is 32.2. The van der Waals surface area contributed by atoms with Gasteiger partial charge in [-0.15, -0.1) is 0 Å². The van der Waals surface area contributed by atoms with Gasteiger partial charge in [0.05, 0.1) is 0 Å². The smallest absolute Gasteiger partial charge is 0.287 e. The molecule has 1 aromatic carbocycles. The number of amides is 1. The molecule has 0 aliphatic carbocycles. The second-order valence-electron chi connectivity index (χ2n) is 8.08. The topological polar surface area (TPSA) is 88.8 Å². The number of nitrogens with one attached hydrogen (secondary N) is 1. The average molecular weight is 433 g/mol. The second kappa shape index (κ2) is 8.53. The van der Waals surface area contributed by atoms with Crippen molar-refractivity contribution in [2.45, 2.75) is 42.9 Å². The Bertz CT molecular complexity index is 988. The minimum Gasteiger partial charge on any atom is -0.455 e. The van der Waals surface area contributed by atoms with Gasteiger partial charge in [0.25, 0.3) is 5.91 Å². The number of furan rings is 1. The summed E-state index contributed by atoms with van der Waals surface area (Å²) in [4.78, 5) is 12.9. The number of hydrogen-bond donors (Lipinski definition) is 1. The van der Waals surface area contributed by atoms with E-state index in [0.717, 1.165) is 25.7 Å². The molecule has 2 aliphatic heterocycles. The van der Waals surface area contributed by atoms with Crippen LogP contribution in [-0.2, 0) is 20.2 Å². The van der Waals surface area contributed by atoms with E-state index in [1.54, 1.807) is 6.92 Å². The molecule has 0 atom stereocenters.